The Morgan fingerprint density at radius 1 is 1.11 bits per heavy atom. The highest BCUT2D eigenvalue weighted by Crippen LogP contribution is 2.20. The molecule has 2 amide bonds. The van der Waals surface area contributed by atoms with Crippen LogP contribution in [0.4, 0.5) is 10.1 Å². The first-order valence-corrected chi connectivity index (χ1v) is 12.3. The molecular weight excluding hydrogens is 489 g/mol. The smallest absolute Gasteiger partial charge is 0.259 e. The van der Waals surface area contributed by atoms with Gasteiger partial charge in [0.15, 0.2) is 0 Å². The van der Waals surface area contributed by atoms with E-state index in [1.165, 1.54) is 18.2 Å². The van der Waals surface area contributed by atoms with E-state index >= 15 is 0 Å². The van der Waals surface area contributed by atoms with Crippen LogP contribution in [-0.4, -0.2) is 53.9 Å². The van der Waals surface area contributed by atoms with E-state index in [0.717, 1.165) is 36.7 Å². The third kappa shape index (κ3) is 7.27. The number of hydrogen-bond donors (Lipinski definition) is 3. The van der Waals surface area contributed by atoms with Gasteiger partial charge in [-0.15, -0.1) is 0 Å². The number of carbonyl (C=O) groups is 2. The van der Waals surface area contributed by atoms with E-state index < -0.39 is 17.6 Å². The van der Waals surface area contributed by atoms with Gasteiger partial charge < -0.3 is 15.5 Å². The molecule has 10 heteroatoms. The number of nitrogens with one attached hydrogen (secondary N) is 3. The number of hydrogen-bond acceptors (Lipinski definition) is 5. The summed E-state index contributed by atoms with van der Waals surface area (Å²) in [4.78, 5) is 31.4. The zero-order chi connectivity index (χ0) is 25.4. The molecule has 182 valence electrons. The van der Waals surface area contributed by atoms with Crippen LogP contribution in [0.2, 0.25) is 0 Å². The SMILES string of the molecule is C=N/C(=C\C=C(/C)Cl)NC(=O)c1cc(F)ccc1NC(=O)c1ccc(C(=N)N2CCSCC2)cc1. The monoisotopic (exact) mass is 513 g/mol. The minimum atomic E-state index is -0.678. The van der Waals surface area contributed by atoms with Crippen LogP contribution in [-0.2, 0) is 0 Å². The van der Waals surface area contributed by atoms with Crippen molar-refractivity contribution < 1.29 is 14.0 Å². The van der Waals surface area contributed by atoms with Crippen molar-refractivity contribution >= 4 is 53.4 Å². The molecule has 0 atom stereocenters. The summed E-state index contributed by atoms with van der Waals surface area (Å²) in [6.45, 7) is 6.69. The van der Waals surface area contributed by atoms with Crippen LogP contribution in [0.15, 0.2) is 70.5 Å². The number of rotatable bonds is 7. The predicted molar refractivity (Wildman–Crippen MR) is 141 cm³/mol. The summed E-state index contributed by atoms with van der Waals surface area (Å²) >= 11 is 7.66. The van der Waals surface area contributed by atoms with Gasteiger partial charge in [-0.05, 0) is 56.1 Å². The van der Waals surface area contributed by atoms with E-state index in [-0.39, 0.29) is 17.1 Å². The lowest BCUT2D eigenvalue weighted by molar-refractivity contribution is 0.0966. The lowest BCUT2D eigenvalue weighted by atomic mass is 10.1. The first-order chi connectivity index (χ1) is 16.8. The Morgan fingerprint density at radius 2 is 1.77 bits per heavy atom. The molecule has 2 aromatic carbocycles. The van der Waals surface area contributed by atoms with Crippen LogP contribution < -0.4 is 10.6 Å². The van der Waals surface area contributed by atoms with Crippen molar-refractivity contribution in [3.05, 3.63) is 88.0 Å². The van der Waals surface area contributed by atoms with Gasteiger partial charge in [0.25, 0.3) is 11.8 Å². The van der Waals surface area contributed by atoms with Gasteiger partial charge in [0, 0.05) is 40.8 Å². The Balaban J connectivity index is 1.75. The standard InChI is InChI=1S/C25H25ClFN5O2S/c1-16(26)3-10-22(29-2)31-25(34)20-15-19(27)8-9-21(20)30-24(33)18-6-4-17(5-7-18)23(28)32-11-13-35-14-12-32/h3-10,15,28H,2,11-14H2,1H3,(H,30,33)(H,31,34)/b16-3+,22-10+,28-23?. The molecule has 35 heavy (non-hydrogen) atoms. The molecule has 0 spiro atoms. The molecule has 0 saturated carbocycles. The van der Waals surface area contributed by atoms with Crippen LogP contribution in [0.5, 0.6) is 0 Å². The Bertz CT molecular complexity index is 1190. The molecule has 2 aromatic rings. The zero-order valence-corrected chi connectivity index (χ0v) is 20.7. The van der Waals surface area contributed by atoms with Crippen molar-refractivity contribution in [2.45, 2.75) is 6.92 Å². The number of halogens is 2. The van der Waals surface area contributed by atoms with Gasteiger partial charge in [0.2, 0.25) is 0 Å². The number of anilines is 1. The van der Waals surface area contributed by atoms with Crippen molar-refractivity contribution in [3.63, 3.8) is 0 Å². The molecule has 1 aliphatic rings. The number of aliphatic imine (C=N–C) groups is 1. The summed E-state index contributed by atoms with van der Waals surface area (Å²) in [5.41, 5.74) is 1.10. The summed E-state index contributed by atoms with van der Waals surface area (Å²) in [6.07, 6.45) is 2.97. The van der Waals surface area contributed by atoms with Crippen LogP contribution >= 0.6 is 23.4 Å². The van der Waals surface area contributed by atoms with Crippen LogP contribution in [0.25, 0.3) is 0 Å². The van der Waals surface area contributed by atoms with Crippen molar-refractivity contribution in [1.82, 2.24) is 10.2 Å². The van der Waals surface area contributed by atoms with E-state index in [2.05, 4.69) is 22.3 Å². The third-order valence-electron chi connectivity index (χ3n) is 5.11. The molecule has 1 aliphatic heterocycles. The summed E-state index contributed by atoms with van der Waals surface area (Å²) in [5.74, 6) is 0.717. The molecule has 1 fully saturated rings. The molecule has 0 unspecified atom stereocenters. The Kier molecular flexibility index (Phi) is 9.22. The molecule has 0 aliphatic carbocycles. The second-order valence-electron chi connectivity index (χ2n) is 7.59. The molecular formula is C25H25ClFN5O2S. The van der Waals surface area contributed by atoms with E-state index in [9.17, 15) is 14.0 Å². The molecule has 1 saturated heterocycles. The van der Waals surface area contributed by atoms with Gasteiger partial charge in [0.1, 0.15) is 17.5 Å². The molecule has 3 N–H and O–H groups in total. The Hall–Kier alpha value is -3.43. The quantitative estimate of drug-likeness (QED) is 0.279. The van der Waals surface area contributed by atoms with E-state index in [1.807, 2.05) is 16.7 Å². The first-order valence-electron chi connectivity index (χ1n) is 10.7. The average molecular weight is 514 g/mol. The Morgan fingerprint density at radius 3 is 2.40 bits per heavy atom. The molecule has 0 bridgehead atoms. The van der Waals surface area contributed by atoms with Crippen molar-refractivity contribution in [1.29, 1.82) is 5.41 Å². The largest absolute Gasteiger partial charge is 0.355 e. The normalized spacial score (nSPS) is 14.3. The summed E-state index contributed by atoms with van der Waals surface area (Å²) < 4.78 is 13.9. The van der Waals surface area contributed by atoms with Gasteiger partial charge in [-0.3, -0.25) is 15.0 Å². The molecule has 1 heterocycles. The van der Waals surface area contributed by atoms with Gasteiger partial charge in [-0.1, -0.05) is 23.7 Å². The van der Waals surface area contributed by atoms with Crippen LogP contribution in [0.1, 0.15) is 33.2 Å². The van der Waals surface area contributed by atoms with Gasteiger partial charge in [-0.25, -0.2) is 9.38 Å². The van der Waals surface area contributed by atoms with E-state index in [1.54, 1.807) is 31.2 Å². The maximum Gasteiger partial charge on any atom is 0.259 e. The fourth-order valence-corrected chi connectivity index (χ4v) is 4.23. The fourth-order valence-electron chi connectivity index (χ4n) is 3.27. The van der Waals surface area contributed by atoms with Gasteiger partial charge >= 0.3 is 0 Å². The highest BCUT2D eigenvalue weighted by Gasteiger charge is 2.18. The number of amides is 2. The van der Waals surface area contributed by atoms with Gasteiger partial charge in [0.05, 0.1) is 11.3 Å². The van der Waals surface area contributed by atoms with Gasteiger partial charge in [-0.2, -0.15) is 11.8 Å². The number of allylic oxidation sites excluding steroid dienone is 3. The second-order valence-corrected chi connectivity index (χ2v) is 9.41. The lowest BCUT2D eigenvalue weighted by Crippen LogP contribution is -2.37. The highest BCUT2D eigenvalue weighted by molar-refractivity contribution is 7.99. The molecule has 0 radical (unpaired) electrons. The minimum absolute atomic E-state index is 0.0826. The maximum atomic E-state index is 13.9. The lowest BCUT2D eigenvalue weighted by Gasteiger charge is -2.28. The molecule has 7 nitrogen and oxygen atoms in total. The first kappa shape index (κ1) is 26.2. The zero-order valence-electron chi connectivity index (χ0n) is 19.1. The molecule has 3 rings (SSSR count). The maximum absolute atomic E-state index is 13.9. The minimum Gasteiger partial charge on any atom is -0.355 e. The van der Waals surface area contributed by atoms with Crippen LogP contribution in [0, 0.1) is 11.2 Å². The predicted octanol–water partition coefficient (Wildman–Crippen LogP) is 4.87. The topological polar surface area (TPSA) is 97.6 Å². The number of benzene rings is 2. The van der Waals surface area contributed by atoms with Crippen LogP contribution in [0.3, 0.4) is 0 Å². The fraction of sp³-hybridized carbons (Fsp3) is 0.200. The van der Waals surface area contributed by atoms with E-state index in [4.69, 9.17) is 17.0 Å². The third-order valence-corrected chi connectivity index (χ3v) is 6.17. The number of nitrogens with zero attached hydrogens (tertiary/aromatic N) is 2. The Labute approximate surface area is 212 Å². The number of thioether (sulfide) groups is 1. The summed E-state index contributed by atoms with van der Waals surface area (Å²) in [5, 5.41) is 14.0. The molecule has 0 aromatic heterocycles. The summed E-state index contributed by atoms with van der Waals surface area (Å²) in [6, 6.07) is 10.2. The highest BCUT2D eigenvalue weighted by atomic mass is 35.5. The van der Waals surface area contributed by atoms with Crippen molar-refractivity contribution in [2.75, 3.05) is 29.9 Å². The van der Waals surface area contributed by atoms with E-state index in [0.29, 0.717) is 22.0 Å². The average Bonchev–Trinajstić information content (AvgIpc) is 2.87. The van der Waals surface area contributed by atoms with Crippen molar-refractivity contribution in [3.8, 4) is 0 Å². The van der Waals surface area contributed by atoms with Crippen molar-refractivity contribution in [2.24, 2.45) is 4.99 Å². The number of carbonyl (C=O) groups excluding carboxylic acids is 2. The second kappa shape index (κ2) is 12.3. The number of amidine groups is 1. The summed E-state index contributed by atoms with van der Waals surface area (Å²) in [7, 11) is 0.